The fourth-order valence-electron chi connectivity index (χ4n) is 3.86. The molecule has 0 spiro atoms. The summed E-state index contributed by atoms with van der Waals surface area (Å²) in [6, 6.07) is 12.5. The highest BCUT2D eigenvalue weighted by atomic mass is 16.5. The highest BCUT2D eigenvalue weighted by Crippen LogP contribution is 2.25. The van der Waals surface area contributed by atoms with Gasteiger partial charge in [-0.05, 0) is 37.1 Å². The number of ether oxygens (including phenoxy) is 1. The lowest BCUT2D eigenvalue weighted by Gasteiger charge is -2.28. The Morgan fingerprint density at radius 2 is 1.89 bits per heavy atom. The van der Waals surface area contributed by atoms with E-state index in [2.05, 4.69) is 4.98 Å². The van der Waals surface area contributed by atoms with Crippen molar-refractivity contribution < 1.29 is 14.3 Å². The fraction of sp³-hybridized carbons (Fsp3) is 0.381. The van der Waals surface area contributed by atoms with Crippen molar-refractivity contribution >= 4 is 11.8 Å². The molecule has 2 aliphatic rings. The van der Waals surface area contributed by atoms with Gasteiger partial charge in [0.15, 0.2) is 0 Å². The Kier molecular flexibility index (Phi) is 5.05. The van der Waals surface area contributed by atoms with E-state index in [-0.39, 0.29) is 24.0 Å². The van der Waals surface area contributed by atoms with Crippen LogP contribution < -0.4 is 4.74 Å². The minimum atomic E-state index is -0.366. The molecule has 2 fully saturated rings. The summed E-state index contributed by atoms with van der Waals surface area (Å²) in [7, 11) is 0. The topological polar surface area (TPSA) is 62.7 Å². The van der Waals surface area contributed by atoms with Crippen molar-refractivity contribution in [1.82, 2.24) is 14.8 Å². The number of pyridine rings is 1. The number of aromatic nitrogens is 1. The first-order chi connectivity index (χ1) is 13.2. The Morgan fingerprint density at radius 1 is 1.04 bits per heavy atom. The second-order valence-electron chi connectivity index (χ2n) is 7.02. The normalized spacial score (nSPS) is 22.1. The van der Waals surface area contributed by atoms with Gasteiger partial charge in [0.25, 0.3) is 5.91 Å². The Labute approximate surface area is 158 Å². The lowest BCUT2D eigenvalue weighted by atomic mass is 10.1. The lowest BCUT2D eigenvalue weighted by molar-refractivity contribution is -0.134. The van der Waals surface area contributed by atoms with Crippen LogP contribution in [0.5, 0.6) is 5.75 Å². The van der Waals surface area contributed by atoms with Gasteiger partial charge in [-0.15, -0.1) is 0 Å². The summed E-state index contributed by atoms with van der Waals surface area (Å²) in [6.45, 7) is 1.85. The van der Waals surface area contributed by atoms with Crippen LogP contribution >= 0.6 is 0 Å². The minimum Gasteiger partial charge on any atom is -0.487 e. The van der Waals surface area contributed by atoms with E-state index in [1.54, 1.807) is 29.4 Å². The summed E-state index contributed by atoms with van der Waals surface area (Å²) >= 11 is 0. The van der Waals surface area contributed by atoms with Gasteiger partial charge in [0.2, 0.25) is 5.91 Å². The number of benzene rings is 1. The standard InChI is InChI=1S/C21H23N3O3/c25-20(16-6-2-1-3-7-16)24-12-5-9-19(24)21(26)23-13-10-18(15-23)27-17-8-4-11-22-14-17/h1-4,6-8,11,14,18-19H,5,9-10,12-13,15H2. The highest BCUT2D eigenvalue weighted by molar-refractivity contribution is 5.98. The van der Waals surface area contributed by atoms with Gasteiger partial charge in [0, 0.05) is 31.3 Å². The van der Waals surface area contributed by atoms with Gasteiger partial charge in [-0.25, -0.2) is 0 Å². The zero-order chi connectivity index (χ0) is 18.6. The van der Waals surface area contributed by atoms with E-state index in [0.717, 1.165) is 25.0 Å². The quantitative estimate of drug-likeness (QED) is 0.835. The van der Waals surface area contributed by atoms with Crippen molar-refractivity contribution in [2.24, 2.45) is 0 Å². The molecule has 0 saturated carbocycles. The molecule has 2 aliphatic heterocycles. The number of nitrogens with zero attached hydrogens (tertiary/aromatic N) is 3. The minimum absolute atomic E-state index is 0.0298. The van der Waals surface area contributed by atoms with Gasteiger partial charge >= 0.3 is 0 Å². The predicted molar refractivity (Wildman–Crippen MR) is 100 cm³/mol. The molecule has 140 valence electrons. The van der Waals surface area contributed by atoms with Crippen molar-refractivity contribution in [3.8, 4) is 5.75 Å². The van der Waals surface area contributed by atoms with Crippen LogP contribution in [0.1, 0.15) is 29.6 Å². The number of amides is 2. The molecule has 4 rings (SSSR count). The molecule has 0 N–H and O–H groups in total. The number of likely N-dealkylation sites (tertiary alicyclic amines) is 2. The molecule has 2 saturated heterocycles. The first-order valence-corrected chi connectivity index (χ1v) is 9.44. The van der Waals surface area contributed by atoms with Crippen molar-refractivity contribution in [2.45, 2.75) is 31.4 Å². The third-order valence-corrected chi connectivity index (χ3v) is 5.21. The Balaban J connectivity index is 1.39. The summed E-state index contributed by atoms with van der Waals surface area (Å²) in [5.41, 5.74) is 0.636. The largest absolute Gasteiger partial charge is 0.487 e. The van der Waals surface area contributed by atoms with Crippen molar-refractivity contribution in [2.75, 3.05) is 19.6 Å². The molecular formula is C21H23N3O3. The number of carbonyl (C=O) groups excluding carboxylic acids is 2. The number of rotatable bonds is 4. The maximum Gasteiger partial charge on any atom is 0.254 e. The highest BCUT2D eigenvalue weighted by Gasteiger charge is 2.39. The van der Waals surface area contributed by atoms with Gasteiger partial charge in [0.1, 0.15) is 17.9 Å². The Bertz CT molecular complexity index is 797. The summed E-state index contributed by atoms with van der Waals surface area (Å²) in [5.74, 6) is 0.696. The van der Waals surface area contributed by atoms with E-state index in [1.165, 1.54) is 0 Å². The van der Waals surface area contributed by atoms with Crippen LogP contribution in [0.15, 0.2) is 54.9 Å². The molecule has 6 nitrogen and oxygen atoms in total. The smallest absolute Gasteiger partial charge is 0.254 e. The van der Waals surface area contributed by atoms with Crippen LogP contribution in [-0.4, -0.2) is 58.4 Å². The molecule has 2 aromatic rings. The molecule has 2 unspecified atom stereocenters. The van der Waals surface area contributed by atoms with Crippen molar-refractivity contribution in [3.05, 3.63) is 60.4 Å². The monoisotopic (exact) mass is 365 g/mol. The first kappa shape index (κ1) is 17.5. The third kappa shape index (κ3) is 3.79. The second kappa shape index (κ2) is 7.78. The van der Waals surface area contributed by atoms with E-state index in [4.69, 9.17) is 4.74 Å². The second-order valence-corrected chi connectivity index (χ2v) is 7.02. The van der Waals surface area contributed by atoms with Crippen molar-refractivity contribution in [1.29, 1.82) is 0 Å². The van der Waals surface area contributed by atoms with Gasteiger partial charge in [-0.2, -0.15) is 0 Å². The molecule has 2 atom stereocenters. The number of hydrogen-bond acceptors (Lipinski definition) is 4. The average molecular weight is 365 g/mol. The fourth-order valence-corrected chi connectivity index (χ4v) is 3.86. The summed E-state index contributed by atoms with van der Waals surface area (Å²) in [5, 5.41) is 0. The van der Waals surface area contributed by atoms with Crippen LogP contribution in [0.2, 0.25) is 0 Å². The molecule has 27 heavy (non-hydrogen) atoms. The maximum absolute atomic E-state index is 13.1. The number of carbonyl (C=O) groups is 2. The van der Waals surface area contributed by atoms with Gasteiger partial charge in [-0.1, -0.05) is 18.2 Å². The molecule has 1 aromatic carbocycles. The molecule has 0 radical (unpaired) electrons. The molecule has 0 aliphatic carbocycles. The Hall–Kier alpha value is -2.89. The van der Waals surface area contributed by atoms with Crippen LogP contribution in [0.25, 0.3) is 0 Å². The van der Waals surface area contributed by atoms with Gasteiger partial charge in [-0.3, -0.25) is 14.6 Å². The van der Waals surface area contributed by atoms with Gasteiger partial charge in [0.05, 0.1) is 12.7 Å². The number of hydrogen-bond donors (Lipinski definition) is 0. The van der Waals surface area contributed by atoms with Crippen LogP contribution in [0.4, 0.5) is 0 Å². The summed E-state index contributed by atoms with van der Waals surface area (Å²) in [6.07, 6.45) is 5.73. The van der Waals surface area contributed by atoms with E-state index in [9.17, 15) is 9.59 Å². The molecule has 6 heteroatoms. The van der Waals surface area contributed by atoms with E-state index < -0.39 is 0 Å². The van der Waals surface area contributed by atoms with Crippen molar-refractivity contribution in [3.63, 3.8) is 0 Å². The van der Waals surface area contributed by atoms with E-state index in [0.29, 0.717) is 25.2 Å². The Morgan fingerprint density at radius 3 is 2.67 bits per heavy atom. The average Bonchev–Trinajstić information content (AvgIpc) is 3.38. The van der Waals surface area contributed by atoms with Crippen LogP contribution in [0.3, 0.4) is 0 Å². The van der Waals surface area contributed by atoms with Gasteiger partial charge < -0.3 is 14.5 Å². The summed E-state index contributed by atoms with van der Waals surface area (Å²) < 4.78 is 5.93. The third-order valence-electron chi connectivity index (χ3n) is 5.21. The zero-order valence-electron chi connectivity index (χ0n) is 15.2. The zero-order valence-corrected chi connectivity index (χ0v) is 15.2. The van der Waals surface area contributed by atoms with Crippen LogP contribution in [0, 0.1) is 0 Å². The summed E-state index contributed by atoms with van der Waals surface area (Å²) in [4.78, 5) is 33.5. The van der Waals surface area contributed by atoms with E-state index in [1.807, 2.05) is 35.2 Å². The maximum atomic E-state index is 13.1. The molecule has 1 aromatic heterocycles. The lowest BCUT2D eigenvalue weighted by Crippen LogP contribution is -2.47. The predicted octanol–water partition coefficient (Wildman–Crippen LogP) is 2.37. The van der Waals surface area contributed by atoms with Crippen LogP contribution in [-0.2, 0) is 4.79 Å². The van der Waals surface area contributed by atoms with E-state index >= 15 is 0 Å². The first-order valence-electron chi connectivity index (χ1n) is 9.44. The molecule has 2 amide bonds. The molecule has 0 bridgehead atoms. The SMILES string of the molecule is O=C(C1CCCN1C(=O)c1ccccc1)N1CCC(Oc2cccnc2)C1. The molecular weight excluding hydrogens is 342 g/mol. The molecule has 3 heterocycles.